The van der Waals surface area contributed by atoms with Gasteiger partial charge in [-0.3, -0.25) is 0 Å². The largest absolute Gasteiger partial charge is 0.394 e. The molecule has 24 atom stereocenters. The Morgan fingerprint density at radius 3 is 2.21 bits per heavy atom. The Bertz CT molecular complexity index is 1320. The third-order valence-electron chi connectivity index (χ3n) is 16.1. The molecule has 4 saturated heterocycles. The van der Waals surface area contributed by atoms with Crippen LogP contribution in [0.2, 0.25) is 0 Å². The fourth-order valence-corrected chi connectivity index (χ4v) is 13.1. The summed E-state index contributed by atoms with van der Waals surface area (Å²) in [5.74, 6) is 0.0805. The minimum Gasteiger partial charge on any atom is -0.394 e. The lowest BCUT2D eigenvalue weighted by Crippen LogP contribution is -2.66. The van der Waals surface area contributed by atoms with Gasteiger partial charge in [0.15, 0.2) is 18.4 Å². The number of fused-ring (bicyclic) bond motifs is 7. The van der Waals surface area contributed by atoms with Gasteiger partial charge in [0, 0.05) is 23.7 Å². The highest BCUT2D eigenvalue weighted by Gasteiger charge is 2.71. The standard InChI is InChI=1S/C38H62O15/c1-15-13-49-38(11-24(15)50-35-32(47)30(45)29(44)25(12-39)51-35)16(2)26-23(53-38)10-20-18-6-5-17-9-21(40)28(43)33(37(17,4)19(18)7-8-36(20,26)3)52-34-31(46)27(42)22(41)14-48-34/h15-35,39-47H,5-14H2,1-4H3/t15-,16+,17-,18-,19+,20+,21+,22-,23+,24+,25+,26+,27-,28-,29+,30-,31+,32+,33-,34-,35+,36+,37+,38-/m1/s1. The fraction of sp³-hybridized carbons (Fsp3) is 1.00. The molecule has 0 unspecified atom stereocenters. The molecule has 1 spiro atoms. The fourth-order valence-electron chi connectivity index (χ4n) is 13.1. The quantitative estimate of drug-likeness (QED) is 0.163. The smallest absolute Gasteiger partial charge is 0.186 e. The van der Waals surface area contributed by atoms with E-state index in [-0.39, 0.29) is 47.7 Å². The highest BCUT2D eigenvalue weighted by atomic mass is 16.7. The molecule has 8 aliphatic rings. The Hall–Kier alpha value is -0.600. The third kappa shape index (κ3) is 5.93. The lowest BCUT2D eigenvalue weighted by Gasteiger charge is -2.64. The second-order valence-corrected chi connectivity index (χ2v) is 18.5. The van der Waals surface area contributed by atoms with E-state index in [1.165, 1.54) is 0 Å². The van der Waals surface area contributed by atoms with Gasteiger partial charge >= 0.3 is 0 Å². The number of hydrogen-bond donors (Lipinski definition) is 9. The first-order chi connectivity index (χ1) is 25.1. The van der Waals surface area contributed by atoms with Crippen LogP contribution in [-0.2, 0) is 28.4 Å². The van der Waals surface area contributed by atoms with Crippen molar-refractivity contribution < 1.29 is 74.4 Å². The van der Waals surface area contributed by atoms with Crippen LogP contribution in [0.25, 0.3) is 0 Å². The summed E-state index contributed by atoms with van der Waals surface area (Å²) in [6.07, 6.45) is -10.5. The molecule has 4 heterocycles. The number of rotatable bonds is 5. The number of hydrogen-bond acceptors (Lipinski definition) is 15. The van der Waals surface area contributed by atoms with Crippen molar-refractivity contribution in [3.05, 3.63) is 0 Å². The maximum atomic E-state index is 11.5. The topological polar surface area (TPSA) is 237 Å². The number of aliphatic hydroxyl groups excluding tert-OH is 9. The Labute approximate surface area is 310 Å². The normalized spacial score (nSPS) is 61.0. The molecule has 15 nitrogen and oxygen atoms in total. The SMILES string of the molecule is C[C@@H]1CO[C@]2(C[C@@H]1O[C@H]1O[C@@H](CO)[C@H](O)[C@@H](O)[C@@H]1O)O[C@H]1C[C@H]3[C@@H]4CC[C@@H]5C[C@H](O)[C@@H](O)[C@@H](O[C@H]6OC[C@@H](O)[C@@H](O)[C@@H]6O)[C@]5(C)[C@H]4CC[C@]3(C)[C@H]1[C@@H]2C. The van der Waals surface area contributed by atoms with Gasteiger partial charge in [-0.1, -0.05) is 27.7 Å². The summed E-state index contributed by atoms with van der Waals surface area (Å²) in [5.41, 5.74) is -0.611. The Kier molecular flexibility index (Phi) is 10.4. The van der Waals surface area contributed by atoms with Crippen LogP contribution < -0.4 is 0 Å². The van der Waals surface area contributed by atoms with Gasteiger partial charge in [-0.25, -0.2) is 0 Å². The van der Waals surface area contributed by atoms with E-state index in [9.17, 15) is 46.0 Å². The zero-order chi connectivity index (χ0) is 37.9. The molecule has 8 rings (SSSR count). The van der Waals surface area contributed by atoms with Gasteiger partial charge < -0.3 is 74.4 Å². The van der Waals surface area contributed by atoms with Gasteiger partial charge in [-0.15, -0.1) is 0 Å². The highest BCUT2D eigenvalue weighted by molar-refractivity contribution is 5.17. The van der Waals surface area contributed by atoms with Crippen LogP contribution >= 0.6 is 0 Å². The van der Waals surface area contributed by atoms with Crippen LogP contribution in [0, 0.1) is 52.3 Å². The molecule has 304 valence electrons. The van der Waals surface area contributed by atoms with E-state index in [2.05, 4.69) is 20.8 Å². The molecule has 4 aliphatic carbocycles. The average molecular weight is 759 g/mol. The first kappa shape index (κ1) is 39.2. The van der Waals surface area contributed by atoms with Crippen molar-refractivity contribution in [1.82, 2.24) is 0 Å². The molecule has 4 aliphatic heterocycles. The van der Waals surface area contributed by atoms with E-state index in [0.717, 1.165) is 32.1 Å². The van der Waals surface area contributed by atoms with Crippen LogP contribution in [0.1, 0.15) is 72.6 Å². The molecule has 0 aromatic carbocycles. The van der Waals surface area contributed by atoms with Gasteiger partial charge in [0.1, 0.15) is 48.8 Å². The minimum absolute atomic E-state index is 0.00817. The van der Waals surface area contributed by atoms with E-state index in [1.54, 1.807) is 0 Å². The van der Waals surface area contributed by atoms with Crippen LogP contribution in [0.5, 0.6) is 0 Å². The summed E-state index contributed by atoms with van der Waals surface area (Å²) in [6.45, 7) is 8.36. The first-order valence-electron chi connectivity index (χ1n) is 20.0. The Balaban J connectivity index is 1.00. The van der Waals surface area contributed by atoms with Gasteiger partial charge in [-0.2, -0.15) is 0 Å². The highest BCUT2D eigenvalue weighted by Crippen LogP contribution is 2.71. The molecule has 9 N–H and O–H groups in total. The minimum atomic E-state index is -1.53. The zero-order valence-electron chi connectivity index (χ0n) is 31.2. The summed E-state index contributed by atoms with van der Waals surface area (Å²) >= 11 is 0. The van der Waals surface area contributed by atoms with Crippen molar-refractivity contribution in [3.63, 3.8) is 0 Å². The number of aliphatic hydroxyl groups is 9. The van der Waals surface area contributed by atoms with Crippen molar-refractivity contribution in [3.8, 4) is 0 Å². The molecular formula is C38H62O15. The molecule has 53 heavy (non-hydrogen) atoms. The Morgan fingerprint density at radius 2 is 1.47 bits per heavy atom. The molecule has 0 amide bonds. The van der Waals surface area contributed by atoms with Crippen molar-refractivity contribution in [2.75, 3.05) is 19.8 Å². The molecule has 15 heteroatoms. The van der Waals surface area contributed by atoms with Gasteiger partial charge in [0.25, 0.3) is 0 Å². The molecule has 4 saturated carbocycles. The maximum Gasteiger partial charge on any atom is 0.186 e. The monoisotopic (exact) mass is 758 g/mol. The summed E-state index contributed by atoms with van der Waals surface area (Å²) in [7, 11) is 0. The van der Waals surface area contributed by atoms with Crippen molar-refractivity contribution in [1.29, 1.82) is 0 Å². The second kappa shape index (κ2) is 14.0. The van der Waals surface area contributed by atoms with Crippen LogP contribution in [0.15, 0.2) is 0 Å². The van der Waals surface area contributed by atoms with E-state index in [0.29, 0.717) is 31.3 Å². The molecule has 0 aromatic heterocycles. The summed E-state index contributed by atoms with van der Waals surface area (Å²) in [4.78, 5) is 0. The van der Waals surface area contributed by atoms with E-state index in [4.69, 9.17) is 28.4 Å². The van der Waals surface area contributed by atoms with E-state index in [1.807, 2.05) is 6.92 Å². The predicted molar refractivity (Wildman–Crippen MR) is 181 cm³/mol. The summed E-state index contributed by atoms with van der Waals surface area (Å²) in [6, 6.07) is 0. The van der Waals surface area contributed by atoms with Crippen LogP contribution in [-0.4, -0.2) is 157 Å². The Morgan fingerprint density at radius 1 is 0.736 bits per heavy atom. The summed E-state index contributed by atoms with van der Waals surface area (Å²) in [5, 5.41) is 94.7. The zero-order valence-corrected chi connectivity index (χ0v) is 31.2. The molecule has 8 fully saturated rings. The van der Waals surface area contributed by atoms with Gasteiger partial charge in [0.05, 0.1) is 44.2 Å². The lowest BCUT2D eigenvalue weighted by molar-refractivity contribution is -0.344. The molecule has 0 bridgehead atoms. The second-order valence-electron chi connectivity index (χ2n) is 18.5. The van der Waals surface area contributed by atoms with Crippen LogP contribution in [0.4, 0.5) is 0 Å². The molecular weight excluding hydrogens is 696 g/mol. The van der Waals surface area contributed by atoms with E-state index < -0.39 is 97.5 Å². The van der Waals surface area contributed by atoms with Crippen molar-refractivity contribution in [2.24, 2.45) is 52.3 Å². The van der Waals surface area contributed by atoms with Crippen molar-refractivity contribution in [2.45, 2.75) is 164 Å². The molecule has 0 aromatic rings. The third-order valence-corrected chi connectivity index (χ3v) is 16.1. The lowest BCUT2D eigenvalue weighted by atomic mass is 9.43. The van der Waals surface area contributed by atoms with Gasteiger partial charge in [-0.05, 0) is 73.5 Å². The first-order valence-corrected chi connectivity index (χ1v) is 20.0. The van der Waals surface area contributed by atoms with Crippen molar-refractivity contribution >= 4 is 0 Å². The number of ether oxygens (including phenoxy) is 6. The predicted octanol–water partition coefficient (Wildman–Crippen LogP) is -1.01. The van der Waals surface area contributed by atoms with E-state index >= 15 is 0 Å². The summed E-state index contributed by atoms with van der Waals surface area (Å²) < 4.78 is 37.7. The van der Waals surface area contributed by atoms with Gasteiger partial charge in [0.2, 0.25) is 0 Å². The average Bonchev–Trinajstić information content (AvgIpc) is 3.57. The van der Waals surface area contributed by atoms with Crippen LogP contribution in [0.3, 0.4) is 0 Å². The maximum absolute atomic E-state index is 11.5. The molecule has 0 radical (unpaired) electrons.